The molecular formula is C13H17N3O2S2. The van der Waals surface area contributed by atoms with Gasteiger partial charge in [0.2, 0.25) is 0 Å². The number of benzene rings is 1. The van der Waals surface area contributed by atoms with Crippen LogP contribution in [0.2, 0.25) is 0 Å². The molecule has 0 amide bonds. The number of nitrogens with two attached hydrogens (primary N) is 1. The van der Waals surface area contributed by atoms with Gasteiger partial charge in [-0.05, 0) is 36.5 Å². The SMILES string of the molecule is Cc1ccccc1C(C)Nc1snc(N)c1S(C)(=O)=O. The molecule has 2 aromatic rings. The summed E-state index contributed by atoms with van der Waals surface area (Å²) < 4.78 is 27.5. The van der Waals surface area contributed by atoms with Gasteiger partial charge in [0.15, 0.2) is 15.7 Å². The maximum Gasteiger partial charge on any atom is 0.182 e. The number of rotatable bonds is 4. The fourth-order valence-electron chi connectivity index (χ4n) is 2.09. The molecule has 2 rings (SSSR count). The molecular weight excluding hydrogens is 294 g/mol. The lowest BCUT2D eigenvalue weighted by atomic mass is 10.0. The van der Waals surface area contributed by atoms with E-state index < -0.39 is 9.84 Å². The van der Waals surface area contributed by atoms with Crippen molar-refractivity contribution < 1.29 is 8.42 Å². The largest absolute Gasteiger partial charge is 0.382 e. The number of nitrogen functional groups attached to an aromatic ring is 1. The summed E-state index contributed by atoms with van der Waals surface area (Å²) in [5.41, 5.74) is 7.91. The molecule has 0 aliphatic heterocycles. The first-order valence-corrected chi connectivity index (χ1v) is 8.74. The Hall–Kier alpha value is -1.60. The second-order valence-electron chi connectivity index (χ2n) is 4.72. The summed E-state index contributed by atoms with van der Waals surface area (Å²) in [5.74, 6) is 0.0528. The summed E-state index contributed by atoms with van der Waals surface area (Å²) in [4.78, 5) is 0.0861. The summed E-state index contributed by atoms with van der Waals surface area (Å²) in [5, 5.41) is 3.68. The highest BCUT2D eigenvalue weighted by atomic mass is 32.2. The van der Waals surface area contributed by atoms with Crippen molar-refractivity contribution in [2.45, 2.75) is 24.8 Å². The van der Waals surface area contributed by atoms with Crippen LogP contribution >= 0.6 is 11.5 Å². The van der Waals surface area contributed by atoms with Crippen LogP contribution in [0, 0.1) is 6.92 Å². The van der Waals surface area contributed by atoms with E-state index in [1.807, 2.05) is 38.1 Å². The standard InChI is InChI=1S/C13H17N3O2S2/c1-8-6-4-5-7-10(8)9(2)15-13-11(20(3,17)18)12(14)16-19-13/h4-7,9,15H,1-3H3,(H2,14,16). The van der Waals surface area contributed by atoms with Gasteiger partial charge in [0.1, 0.15) is 9.90 Å². The van der Waals surface area contributed by atoms with Crippen LogP contribution in [0.1, 0.15) is 24.1 Å². The molecule has 0 aliphatic rings. The maximum absolute atomic E-state index is 11.8. The van der Waals surface area contributed by atoms with E-state index in [0.29, 0.717) is 5.00 Å². The van der Waals surface area contributed by atoms with Crippen molar-refractivity contribution in [1.82, 2.24) is 4.37 Å². The molecule has 1 aromatic carbocycles. The molecule has 0 bridgehead atoms. The van der Waals surface area contributed by atoms with Crippen LogP contribution in [0.5, 0.6) is 0 Å². The van der Waals surface area contributed by atoms with Gasteiger partial charge in [-0.15, -0.1) is 0 Å². The van der Waals surface area contributed by atoms with E-state index in [9.17, 15) is 8.42 Å². The molecule has 0 spiro atoms. The van der Waals surface area contributed by atoms with Crippen molar-refractivity contribution in [3.05, 3.63) is 35.4 Å². The van der Waals surface area contributed by atoms with Gasteiger partial charge in [-0.3, -0.25) is 0 Å². The Morgan fingerprint density at radius 3 is 2.60 bits per heavy atom. The summed E-state index contributed by atoms with van der Waals surface area (Å²) in [6.07, 6.45) is 1.14. The van der Waals surface area contributed by atoms with Gasteiger partial charge in [0.05, 0.1) is 0 Å². The van der Waals surface area contributed by atoms with E-state index in [1.54, 1.807) is 0 Å². The summed E-state index contributed by atoms with van der Waals surface area (Å²) in [7, 11) is -3.40. The first-order chi connectivity index (χ1) is 9.30. The number of hydrogen-bond acceptors (Lipinski definition) is 6. The number of nitrogens with zero attached hydrogens (tertiary/aromatic N) is 1. The van der Waals surface area contributed by atoms with Crippen molar-refractivity contribution in [3.8, 4) is 0 Å². The van der Waals surface area contributed by atoms with Crippen molar-refractivity contribution in [2.75, 3.05) is 17.3 Å². The third-order valence-electron chi connectivity index (χ3n) is 3.05. The molecule has 0 saturated heterocycles. The molecule has 0 saturated carbocycles. The van der Waals surface area contributed by atoms with E-state index in [2.05, 4.69) is 9.69 Å². The number of hydrogen-bond donors (Lipinski definition) is 2. The molecule has 0 radical (unpaired) electrons. The Balaban J connectivity index is 2.35. The third kappa shape index (κ3) is 2.94. The molecule has 1 atom stereocenters. The quantitative estimate of drug-likeness (QED) is 0.906. The average Bonchev–Trinajstić information content (AvgIpc) is 2.70. The molecule has 1 aromatic heterocycles. The van der Waals surface area contributed by atoms with Crippen LogP contribution in [0.3, 0.4) is 0 Å². The topological polar surface area (TPSA) is 85.1 Å². The smallest absolute Gasteiger partial charge is 0.182 e. The van der Waals surface area contributed by atoms with Gasteiger partial charge < -0.3 is 11.1 Å². The van der Waals surface area contributed by atoms with E-state index in [0.717, 1.165) is 28.9 Å². The Labute approximate surface area is 122 Å². The number of anilines is 2. The van der Waals surface area contributed by atoms with Crippen LogP contribution < -0.4 is 11.1 Å². The van der Waals surface area contributed by atoms with Gasteiger partial charge in [-0.2, -0.15) is 4.37 Å². The van der Waals surface area contributed by atoms with E-state index in [1.165, 1.54) is 0 Å². The fourth-order valence-corrected chi connectivity index (χ4v) is 4.23. The van der Waals surface area contributed by atoms with Gasteiger partial charge in [-0.1, -0.05) is 24.3 Å². The molecule has 1 unspecified atom stereocenters. The molecule has 3 N–H and O–H groups in total. The zero-order valence-corrected chi connectivity index (χ0v) is 13.2. The number of sulfone groups is 1. The van der Waals surface area contributed by atoms with Crippen LogP contribution in [-0.4, -0.2) is 19.0 Å². The Morgan fingerprint density at radius 1 is 1.35 bits per heavy atom. The third-order valence-corrected chi connectivity index (χ3v) is 5.12. The minimum Gasteiger partial charge on any atom is -0.382 e. The van der Waals surface area contributed by atoms with Gasteiger partial charge >= 0.3 is 0 Å². The molecule has 0 aliphatic carbocycles. The van der Waals surface area contributed by atoms with E-state index in [4.69, 9.17) is 5.73 Å². The highest BCUT2D eigenvalue weighted by Crippen LogP contribution is 2.34. The number of aromatic nitrogens is 1. The lowest BCUT2D eigenvalue weighted by molar-refractivity contribution is 0.602. The van der Waals surface area contributed by atoms with Gasteiger partial charge in [-0.25, -0.2) is 8.42 Å². The van der Waals surface area contributed by atoms with Crippen LogP contribution in [0.25, 0.3) is 0 Å². The average molecular weight is 311 g/mol. The highest BCUT2D eigenvalue weighted by Gasteiger charge is 2.22. The van der Waals surface area contributed by atoms with Crippen molar-refractivity contribution >= 4 is 32.2 Å². The number of nitrogens with one attached hydrogen (secondary N) is 1. The second kappa shape index (κ2) is 5.41. The minimum absolute atomic E-state index is 0.0310. The zero-order valence-electron chi connectivity index (χ0n) is 11.5. The predicted octanol–water partition coefficient (Wildman–Crippen LogP) is 2.61. The molecule has 0 fully saturated rings. The van der Waals surface area contributed by atoms with Gasteiger partial charge in [0, 0.05) is 12.3 Å². The number of aryl methyl sites for hydroxylation is 1. The summed E-state index contributed by atoms with van der Waals surface area (Å²) in [6, 6.07) is 7.93. The molecule has 5 nitrogen and oxygen atoms in total. The predicted molar refractivity (Wildman–Crippen MR) is 82.9 cm³/mol. The maximum atomic E-state index is 11.8. The first-order valence-electron chi connectivity index (χ1n) is 6.08. The molecule has 108 valence electrons. The zero-order chi connectivity index (χ0) is 14.9. The van der Waals surface area contributed by atoms with Crippen LogP contribution in [-0.2, 0) is 9.84 Å². The summed E-state index contributed by atoms with van der Waals surface area (Å²) in [6.45, 7) is 4.00. The normalized spacial score (nSPS) is 13.2. The lowest BCUT2D eigenvalue weighted by Gasteiger charge is -2.17. The van der Waals surface area contributed by atoms with Crippen molar-refractivity contribution in [3.63, 3.8) is 0 Å². The highest BCUT2D eigenvalue weighted by molar-refractivity contribution is 7.91. The van der Waals surface area contributed by atoms with E-state index >= 15 is 0 Å². The van der Waals surface area contributed by atoms with E-state index in [-0.39, 0.29) is 16.8 Å². The van der Waals surface area contributed by atoms with Crippen LogP contribution in [0.15, 0.2) is 29.2 Å². The molecule has 20 heavy (non-hydrogen) atoms. The van der Waals surface area contributed by atoms with Gasteiger partial charge in [0.25, 0.3) is 0 Å². The Morgan fingerprint density at radius 2 is 2.00 bits per heavy atom. The van der Waals surface area contributed by atoms with Crippen LogP contribution in [0.4, 0.5) is 10.8 Å². The second-order valence-corrected chi connectivity index (χ2v) is 7.45. The Bertz CT molecular complexity index is 723. The lowest BCUT2D eigenvalue weighted by Crippen LogP contribution is -2.10. The molecule has 7 heteroatoms. The monoisotopic (exact) mass is 311 g/mol. The first kappa shape index (κ1) is 14.8. The Kier molecular flexibility index (Phi) is 4.01. The molecule has 1 heterocycles. The van der Waals surface area contributed by atoms with Crippen molar-refractivity contribution in [2.24, 2.45) is 0 Å². The summed E-state index contributed by atoms with van der Waals surface area (Å²) >= 11 is 1.07. The fraction of sp³-hybridized carbons (Fsp3) is 0.308. The minimum atomic E-state index is -3.40. The van der Waals surface area contributed by atoms with Crippen molar-refractivity contribution in [1.29, 1.82) is 0 Å².